The number of piperazine rings is 1. The molecule has 1 aromatic heterocycles. The highest BCUT2D eigenvalue weighted by Gasteiger charge is 2.58. The molecule has 2 saturated heterocycles. The van der Waals surface area contributed by atoms with Crippen LogP contribution < -0.4 is 14.8 Å². The van der Waals surface area contributed by atoms with E-state index < -0.39 is 5.54 Å². The number of nitrogens with zero attached hydrogens (tertiary/aromatic N) is 2. The van der Waals surface area contributed by atoms with Gasteiger partial charge in [-0.15, -0.1) is 0 Å². The molecule has 2 N–H and O–H groups in total. The van der Waals surface area contributed by atoms with Gasteiger partial charge < -0.3 is 29.6 Å². The lowest BCUT2D eigenvalue weighted by molar-refractivity contribution is -0.170. The molecule has 3 aromatic rings. The maximum Gasteiger partial charge on any atom is 0.255 e. The number of rotatable bonds is 6. The first kappa shape index (κ1) is 28.6. The number of H-pyrrole nitrogens is 1. The lowest BCUT2D eigenvalue weighted by atomic mass is 9.74. The maximum absolute atomic E-state index is 14.7. The highest BCUT2D eigenvalue weighted by atomic mass is 16.5. The minimum atomic E-state index is -1.13. The van der Waals surface area contributed by atoms with Crippen LogP contribution in [0.25, 0.3) is 10.9 Å². The van der Waals surface area contributed by atoms with E-state index in [1.807, 2.05) is 47.1 Å². The summed E-state index contributed by atoms with van der Waals surface area (Å²) in [4.78, 5) is 36.2. The molecular formula is C34H44N4O4. The summed E-state index contributed by atoms with van der Waals surface area (Å²) < 4.78 is 11.7. The van der Waals surface area contributed by atoms with Gasteiger partial charge in [-0.2, -0.15) is 0 Å². The van der Waals surface area contributed by atoms with Crippen LogP contribution >= 0.6 is 0 Å². The molecule has 0 unspecified atom stereocenters. The molecule has 3 aliphatic heterocycles. The van der Waals surface area contributed by atoms with Crippen molar-refractivity contribution < 1.29 is 19.1 Å². The summed E-state index contributed by atoms with van der Waals surface area (Å²) in [5, 5.41) is 4.79. The van der Waals surface area contributed by atoms with Crippen LogP contribution in [0.15, 0.2) is 42.5 Å². The molecule has 4 heterocycles. The number of carbonyl (C=O) groups excluding carboxylic acids is 2. The number of aromatic nitrogens is 1. The molecular weight excluding hydrogens is 528 g/mol. The zero-order valence-corrected chi connectivity index (χ0v) is 26.0. The molecule has 2 amide bonds. The average molecular weight is 573 g/mol. The Balaban J connectivity index is 1.47. The van der Waals surface area contributed by atoms with Crippen LogP contribution in [0, 0.1) is 0 Å². The molecule has 3 aliphatic rings. The van der Waals surface area contributed by atoms with Gasteiger partial charge >= 0.3 is 0 Å². The van der Waals surface area contributed by atoms with Gasteiger partial charge in [-0.05, 0) is 83.2 Å². The number of piperidine rings is 1. The summed E-state index contributed by atoms with van der Waals surface area (Å²) in [6, 6.07) is 14.2. The van der Waals surface area contributed by atoms with E-state index in [9.17, 15) is 9.59 Å². The largest absolute Gasteiger partial charge is 0.493 e. The lowest BCUT2D eigenvalue weighted by Crippen LogP contribution is -2.71. The highest BCUT2D eigenvalue weighted by molar-refractivity contribution is 6.01. The number of para-hydroxylation sites is 1. The Kier molecular flexibility index (Phi) is 6.84. The van der Waals surface area contributed by atoms with Crippen molar-refractivity contribution in [2.75, 3.05) is 26.8 Å². The molecule has 8 heteroatoms. The molecule has 0 spiro atoms. The average Bonchev–Trinajstić information content (AvgIpc) is 3.33. The summed E-state index contributed by atoms with van der Waals surface area (Å²) >= 11 is 0. The molecule has 0 bridgehead atoms. The van der Waals surface area contributed by atoms with E-state index in [0.29, 0.717) is 24.7 Å². The molecule has 2 fully saturated rings. The zero-order chi connectivity index (χ0) is 30.0. The minimum absolute atomic E-state index is 0.00671. The molecule has 0 aliphatic carbocycles. The number of amides is 2. The number of methoxy groups -OCH3 is 1. The van der Waals surface area contributed by atoms with Crippen LogP contribution in [-0.4, -0.2) is 70.5 Å². The molecule has 0 radical (unpaired) electrons. The summed E-state index contributed by atoms with van der Waals surface area (Å²) in [6.07, 6.45) is 2.49. The van der Waals surface area contributed by atoms with Gasteiger partial charge in [0.25, 0.3) is 5.91 Å². The van der Waals surface area contributed by atoms with Crippen LogP contribution in [0.1, 0.15) is 83.5 Å². The van der Waals surface area contributed by atoms with Crippen LogP contribution in [-0.2, 0) is 15.1 Å². The van der Waals surface area contributed by atoms with Gasteiger partial charge in [-0.3, -0.25) is 9.59 Å². The van der Waals surface area contributed by atoms with E-state index >= 15 is 0 Å². The Labute approximate surface area is 248 Å². The fraction of sp³-hybridized carbons (Fsp3) is 0.529. The summed E-state index contributed by atoms with van der Waals surface area (Å²) in [7, 11) is 1.65. The third-order valence-electron chi connectivity index (χ3n) is 9.43. The molecule has 8 nitrogen and oxygen atoms in total. The van der Waals surface area contributed by atoms with Crippen molar-refractivity contribution in [2.45, 2.75) is 89.4 Å². The second kappa shape index (κ2) is 10.0. The Bertz CT molecular complexity index is 1530. The van der Waals surface area contributed by atoms with E-state index in [-0.39, 0.29) is 41.4 Å². The van der Waals surface area contributed by atoms with Crippen LogP contribution in [0.3, 0.4) is 0 Å². The van der Waals surface area contributed by atoms with Crippen molar-refractivity contribution >= 4 is 22.7 Å². The van der Waals surface area contributed by atoms with Crippen molar-refractivity contribution in [1.29, 1.82) is 0 Å². The first-order valence-corrected chi connectivity index (χ1v) is 15.2. The molecule has 224 valence electrons. The first-order chi connectivity index (χ1) is 19.9. The number of hydrogen-bond acceptors (Lipinski definition) is 5. The topological polar surface area (TPSA) is 86.9 Å². The standard InChI is InChI=1S/C34H44N4O4/c1-8-15-42-26-14-13-21(16-27(26)41-7)24-19-38-28(39)20-37(22-17-32(2,3)36-33(4,5)18-22)31(40)34(38,6)30-29(24)23-11-9-10-12-25(23)35-30/h9-14,16,22,24,35-36H,8,15,17-20H2,1-7H3/t24-,34+/m1/s1. The SMILES string of the molecule is CCCOc1ccc([C@H]2CN3C(=O)CN(C4CC(C)(C)NC(C)(C)C4)C(=O)[C@]3(C)c3[nH]c4ccccc4c32)cc1OC. The van der Waals surface area contributed by atoms with Crippen molar-refractivity contribution in [2.24, 2.45) is 0 Å². The number of aromatic amines is 1. The molecule has 2 aromatic carbocycles. The van der Waals surface area contributed by atoms with E-state index in [1.165, 1.54) is 0 Å². The first-order valence-electron chi connectivity index (χ1n) is 15.2. The van der Waals surface area contributed by atoms with Gasteiger partial charge in [0.1, 0.15) is 6.54 Å². The van der Waals surface area contributed by atoms with Gasteiger partial charge in [-0.1, -0.05) is 31.2 Å². The van der Waals surface area contributed by atoms with Crippen LogP contribution in [0.4, 0.5) is 0 Å². The fourth-order valence-corrected chi connectivity index (χ4v) is 7.95. The Morgan fingerprint density at radius 1 is 0.976 bits per heavy atom. The van der Waals surface area contributed by atoms with Crippen LogP contribution in [0.5, 0.6) is 11.5 Å². The highest BCUT2D eigenvalue weighted by Crippen LogP contribution is 2.50. The van der Waals surface area contributed by atoms with Gasteiger partial charge in [0.2, 0.25) is 5.91 Å². The number of benzene rings is 2. The third-order valence-corrected chi connectivity index (χ3v) is 9.43. The molecule has 0 saturated carbocycles. The summed E-state index contributed by atoms with van der Waals surface area (Å²) in [6.45, 7) is 13.8. The van der Waals surface area contributed by atoms with Gasteiger partial charge in [0, 0.05) is 40.5 Å². The Morgan fingerprint density at radius 3 is 2.38 bits per heavy atom. The monoisotopic (exact) mass is 572 g/mol. The van der Waals surface area contributed by atoms with Gasteiger partial charge in [0.15, 0.2) is 17.0 Å². The number of ether oxygens (including phenoxy) is 2. The minimum Gasteiger partial charge on any atom is -0.493 e. The third kappa shape index (κ3) is 4.55. The van der Waals surface area contributed by atoms with Crippen molar-refractivity contribution in [1.82, 2.24) is 20.1 Å². The van der Waals surface area contributed by atoms with Crippen molar-refractivity contribution in [3.05, 3.63) is 59.3 Å². The molecule has 2 atom stereocenters. The summed E-state index contributed by atoms with van der Waals surface area (Å²) in [5.74, 6) is 1.20. The fourth-order valence-electron chi connectivity index (χ4n) is 7.95. The number of nitrogens with one attached hydrogen (secondary N) is 2. The van der Waals surface area contributed by atoms with Gasteiger partial charge in [0.05, 0.1) is 19.4 Å². The second-order valence-corrected chi connectivity index (χ2v) is 13.7. The molecule has 6 rings (SSSR count). The Morgan fingerprint density at radius 2 is 1.69 bits per heavy atom. The van der Waals surface area contributed by atoms with E-state index in [2.05, 4.69) is 57.1 Å². The smallest absolute Gasteiger partial charge is 0.255 e. The van der Waals surface area contributed by atoms with E-state index in [0.717, 1.165) is 47.0 Å². The number of hydrogen-bond donors (Lipinski definition) is 2. The predicted molar refractivity (Wildman–Crippen MR) is 164 cm³/mol. The Hall–Kier alpha value is -3.52. The number of fused-ring (bicyclic) bond motifs is 5. The maximum atomic E-state index is 14.7. The quantitative estimate of drug-likeness (QED) is 0.418. The predicted octanol–water partition coefficient (Wildman–Crippen LogP) is 5.31. The van der Waals surface area contributed by atoms with Gasteiger partial charge in [-0.25, -0.2) is 0 Å². The summed E-state index contributed by atoms with van der Waals surface area (Å²) in [5.41, 5.74) is 2.44. The van der Waals surface area contributed by atoms with E-state index in [1.54, 1.807) is 7.11 Å². The number of carbonyl (C=O) groups is 2. The normalized spacial score (nSPS) is 25.4. The lowest BCUT2D eigenvalue weighted by Gasteiger charge is -2.56. The second-order valence-electron chi connectivity index (χ2n) is 13.7. The van der Waals surface area contributed by atoms with Crippen molar-refractivity contribution in [3.8, 4) is 11.5 Å². The molecule has 42 heavy (non-hydrogen) atoms. The van der Waals surface area contributed by atoms with E-state index in [4.69, 9.17) is 9.47 Å². The zero-order valence-electron chi connectivity index (χ0n) is 26.0. The van der Waals surface area contributed by atoms with Crippen molar-refractivity contribution in [3.63, 3.8) is 0 Å². The van der Waals surface area contributed by atoms with Crippen LogP contribution in [0.2, 0.25) is 0 Å².